The largest absolute Gasteiger partial charge is 0.383 e. The third kappa shape index (κ3) is 4.80. The van der Waals surface area contributed by atoms with Gasteiger partial charge >= 0.3 is 0 Å². The minimum absolute atomic E-state index is 0.0960. The van der Waals surface area contributed by atoms with Crippen LogP contribution in [0.25, 0.3) is 39.2 Å². The average molecular weight is 542 g/mol. The van der Waals surface area contributed by atoms with Gasteiger partial charge in [-0.1, -0.05) is 48.5 Å². The molecule has 9 nitrogen and oxygen atoms in total. The van der Waals surface area contributed by atoms with Crippen LogP contribution in [0.5, 0.6) is 0 Å². The smallest absolute Gasteiger partial charge is 0.284 e. The van der Waals surface area contributed by atoms with Crippen LogP contribution in [0.3, 0.4) is 0 Å². The van der Waals surface area contributed by atoms with E-state index >= 15 is 0 Å². The second-order valence-corrected chi connectivity index (χ2v) is 9.67. The Morgan fingerprint density at radius 1 is 0.878 bits per heavy atom. The number of carbonyl (C=O) groups is 1. The number of hydrogen-bond acceptors (Lipinski definition) is 5. The van der Waals surface area contributed by atoms with Crippen molar-refractivity contribution < 1.29 is 4.79 Å². The van der Waals surface area contributed by atoms with Crippen molar-refractivity contribution in [2.45, 2.75) is 6.92 Å². The van der Waals surface area contributed by atoms with Gasteiger partial charge < -0.3 is 11.1 Å². The maximum atomic E-state index is 13.2. The Morgan fingerprint density at radius 3 is 2.37 bits per heavy atom. The van der Waals surface area contributed by atoms with E-state index in [-0.39, 0.29) is 11.1 Å². The number of aromatic nitrogens is 5. The number of para-hydroxylation sites is 1. The van der Waals surface area contributed by atoms with E-state index in [1.54, 1.807) is 43.2 Å². The number of H-pyrrole nitrogens is 1. The molecule has 6 rings (SSSR count). The molecule has 0 unspecified atom stereocenters. The molecule has 0 radical (unpaired) electrons. The Bertz CT molecular complexity index is 1920. The summed E-state index contributed by atoms with van der Waals surface area (Å²) in [5, 5.41) is 9.97. The molecule has 0 bridgehead atoms. The summed E-state index contributed by atoms with van der Waals surface area (Å²) in [5.41, 5.74) is 13.2. The Hall–Kier alpha value is -5.70. The van der Waals surface area contributed by atoms with E-state index < -0.39 is 5.91 Å². The summed E-state index contributed by atoms with van der Waals surface area (Å²) < 4.78 is 3.17. The summed E-state index contributed by atoms with van der Waals surface area (Å²) in [4.78, 5) is 30.8. The summed E-state index contributed by atoms with van der Waals surface area (Å²) in [7, 11) is 1.76. The fourth-order valence-corrected chi connectivity index (χ4v) is 4.90. The van der Waals surface area contributed by atoms with E-state index in [9.17, 15) is 9.59 Å². The number of nitrogen functional groups attached to an aromatic ring is 1. The van der Waals surface area contributed by atoms with Gasteiger partial charge in [0.15, 0.2) is 0 Å². The second-order valence-electron chi connectivity index (χ2n) is 9.67. The zero-order valence-electron chi connectivity index (χ0n) is 22.5. The molecule has 3 aromatic heterocycles. The van der Waals surface area contributed by atoms with Crippen molar-refractivity contribution >= 4 is 17.4 Å². The van der Waals surface area contributed by atoms with Crippen LogP contribution in [0.4, 0.5) is 11.5 Å². The number of rotatable bonds is 6. The third-order valence-electron chi connectivity index (χ3n) is 7.15. The Morgan fingerprint density at radius 2 is 1.63 bits per heavy atom. The molecule has 41 heavy (non-hydrogen) atoms. The van der Waals surface area contributed by atoms with Gasteiger partial charge in [0.05, 0.1) is 17.1 Å². The van der Waals surface area contributed by atoms with E-state index in [1.807, 2.05) is 72.8 Å². The van der Waals surface area contributed by atoms with Crippen LogP contribution >= 0.6 is 0 Å². The molecule has 202 valence electrons. The van der Waals surface area contributed by atoms with E-state index in [2.05, 4.69) is 26.6 Å². The standard InChI is InChI=1S/C32H27N7O2/c1-20-29(32(41)39(38(20)2)26-9-4-3-5-10-26)31(40)36-25-13-11-21(12-14-25)27-18-24(19-34-30(27)33)22-7-6-8-23(17-22)28-15-16-35-37-28/h3-19H,1-2H3,(H2,33,34)(H,35,37)(H,36,40). The molecule has 9 heteroatoms. The highest BCUT2D eigenvalue weighted by atomic mass is 16.2. The maximum Gasteiger partial charge on any atom is 0.284 e. The average Bonchev–Trinajstić information content (AvgIpc) is 3.61. The first kappa shape index (κ1) is 25.6. The Balaban J connectivity index is 1.25. The normalized spacial score (nSPS) is 11.0. The van der Waals surface area contributed by atoms with Crippen LogP contribution < -0.4 is 16.6 Å². The van der Waals surface area contributed by atoms with Crippen LogP contribution in [-0.2, 0) is 7.05 Å². The van der Waals surface area contributed by atoms with Crippen molar-refractivity contribution in [2.24, 2.45) is 7.05 Å². The number of nitrogens with two attached hydrogens (primary N) is 1. The zero-order chi connectivity index (χ0) is 28.5. The van der Waals surface area contributed by atoms with Crippen molar-refractivity contribution in [1.82, 2.24) is 24.5 Å². The molecule has 1 amide bonds. The SMILES string of the molecule is Cc1c(C(=O)Nc2ccc(-c3cc(-c4cccc(-c5cc[nH]n5)c4)cnc3N)cc2)c(=O)n(-c2ccccc2)n1C. The molecule has 0 spiro atoms. The van der Waals surface area contributed by atoms with Gasteiger partial charge in [-0.3, -0.25) is 19.4 Å². The van der Waals surface area contributed by atoms with Crippen molar-refractivity contribution in [1.29, 1.82) is 0 Å². The predicted octanol–water partition coefficient (Wildman–Crippen LogP) is 5.44. The molecule has 3 heterocycles. The molecule has 3 aromatic carbocycles. The van der Waals surface area contributed by atoms with Crippen LogP contribution in [0.15, 0.2) is 108 Å². The van der Waals surface area contributed by atoms with Gasteiger partial charge in [0, 0.05) is 41.8 Å². The minimum Gasteiger partial charge on any atom is -0.383 e. The lowest BCUT2D eigenvalue weighted by Crippen LogP contribution is -2.25. The van der Waals surface area contributed by atoms with Crippen LogP contribution in [0.1, 0.15) is 16.1 Å². The first-order valence-electron chi connectivity index (χ1n) is 13.0. The number of carbonyl (C=O) groups excluding carboxylic acids is 1. The number of pyridine rings is 1. The molecule has 0 aliphatic carbocycles. The van der Waals surface area contributed by atoms with Crippen LogP contribution in [-0.4, -0.2) is 30.5 Å². The summed E-state index contributed by atoms with van der Waals surface area (Å²) in [6.07, 6.45) is 3.54. The van der Waals surface area contributed by atoms with Gasteiger partial charge in [-0.2, -0.15) is 5.10 Å². The lowest BCUT2D eigenvalue weighted by atomic mass is 9.99. The van der Waals surface area contributed by atoms with E-state index in [0.717, 1.165) is 33.5 Å². The Kier molecular flexibility index (Phi) is 6.52. The monoisotopic (exact) mass is 541 g/mol. The molecule has 0 atom stereocenters. The summed E-state index contributed by atoms with van der Waals surface area (Å²) in [6.45, 7) is 1.76. The van der Waals surface area contributed by atoms with Crippen molar-refractivity contribution in [2.75, 3.05) is 11.1 Å². The van der Waals surface area contributed by atoms with E-state index in [1.165, 1.54) is 4.68 Å². The second kappa shape index (κ2) is 10.5. The third-order valence-corrected chi connectivity index (χ3v) is 7.15. The summed E-state index contributed by atoms with van der Waals surface area (Å²) in [6, 6.07) is 28.5. The summed E-state index contributed by atoms with van der Waals surface area (Å²) in [5.74, 6) is -0.0686. The summed E-state index contributed by atoms with van der Waals surface area (Å²) >= 11 is 0. The highest BCUT2D eigenvalue weighted by molar-refractivity contribution is 6.05. The van der Waals surface area contributed by atoms with Gasteiger partial charge in [-0.15, -0.1) is 0 Å². The first-order valence-corrected chi connectivity index (χ1v) is 13.0. The maximum absolute atomic E-state index is 13.2. The number of anilines is 2. The highest BCUT2D eigenvalue weighted by Crippen LogP contribution is 2.32. The molecule has 0 fully saturated rings. The van der Waals surface area contributed by atoms with Crippen LogP contribution in [0.2, 0.25) is 0 Å². The lowest BCUT2D eigenvalue weighted by Gasteiger charge is -2.11. The minimum atomic E-state index is -0.467. The number of nitrogens with zero attached hydrogens (tertiary/aromatic N) is 4. The molecular weight excluding hydrogens is 514 g/mol. The van der Waals surface area contributed by atoms with E-state index in [0.29, 0.717) is 22.9 Å². The quantitative estimate of drug-likeness (QED) is 0.259. The number of benzene rings is 3. The number of amides is 1. The van der Waals surface area contributed by atoms with Gasteiger partial charge in [-0.25, -0.2) is 9.67 Å². The molecule has 0 saturated carbocycles. The van der Waals surface area contributed by atoms with E-state index in [4.69, 9.17) is 5.73 Å². The molecule has 6 aromatic rings. The van der Waals surface area contributed by atoms with Crippen LogP contribution in [0, 0.1) is 6.92 Å². The zero-order valence-corrected chi connectivity index (χ0v) is 22.5. The fraction of sp³-hybridized carbons (Fsp3) is 0.0625. The van der Waals surface area contributed by atoms with Crippen molar-refractivity contribution in [3.05, 3.63) is 125 Å². The molecule has 0 aliphatic rings. The molecule has 0 saturated heterocycles. The fourth-order valence-electron chi connectivity index (χ4n) is 4.90. The Labute approximate surface area is 235 Å². The number of nitrogens with one attached hydrogen (secondary N) is 2. The van der Waals surface area contributed by atoms with Crippen molar-refractivity contribution in [3.8, 4) is 39.2 Å². The number of aromatic amines is 1. The first-order chi connectivity index (χ1) is 19.9. The molecular formula is C32H27N7O2. The molecule has 0 aliphatic heterocycles. The van der Waals surface area contributed by atoms with Gasteiger partial charge in [0.25, 0.3) is 11.5 Å². The highest BCUT2D eigenvalue weighted by Gasteiger charge is 2.22. The molecule has 4 N–H and O–H groups in total. The van der Waals surface area contributed by atoms with Crippen molar-refractivity contribution in [3.63, 3.8) is 0 Å². The number of hydrogen-bond donors (Lipinski definition) is 3. The topological polar surface area (TPSA) is 124 Å². The van der Waals surface area contributed by atoms with Gasteiger partial charge in [-0.05, 0) is 60.5 Å². The van der Waals surface area contributed by atoms with Gasteiger partial charge in [0.2, 0.25) is 0 Å². The predicted molar refractivity (Wildman–Crippen MR) is 161 cm³/mol. The van der Waals surface area contributed by atoms with Gasteiger partial charge in [0.1, 0.15) is 11.4 Å². The lowest BCUT2D eigenvalue weighted by molar-refractivity contribution is 0.102.